The summed E-state index contributed by atoms with van der Waals surface area (Å²) in [6.45, 7) is 9.53. The molecule has 1 aliphatic rings. The number of rotatable bonds is 7. The summed E-state index contributed by atoms with van der Waals surface area (Å²) in [4.78, 5) is 11.1. The van der Waals surface area contributed by atoms with Gasteiger partial charge in [0.25, 0.3) is 0 Å². The number of imidazole rings is 1. The molecule has 152 valence electrons. The van der Waals surface area contributed by atoms with Crippen LogP contribution in [0.25, 0.3) is 0 Å². The molecule has 1 fully saturated rings. The summed E-state index contributed by atoms with van der Waals surface area (Å²) >= 11 is 0. The van der Waals surface area contributed by atoms with Crippen LogP contribution in [0.2, 0.25) is 0 Å². The van der Waals surface area contributed by atoms with Crippen molar-refractivity contribution < 1.29 is 0 Å². The number of hydrogen-bond donors (Lipinski definition) is 2. The molecule has 6 heteroatoms. The summed E-state index contributed by atoms with van der Waals surface area (Å²) < 4.78 is 2.07. The third-order valence-corrected chi connectivity index (χ3v) is 5.53. The van der Waals surface area contributed by atoms with E-state index in [1.807, 2.05) is 25.8 Å². The number of aliphatic imine (C=N–C) groups is 1. The Kier molecular flexibility index (Phi) is 7.09. The first kappa shape index (κ1) is 20.4. The molecule has 0 unspecified atom stereocenters. The smallest absolute Gasteiger partial charge is 0.191 e. The Morgan fingerprint density at radius 3 is 2.43 bits per heavy atom. The molecule has 1 saturated heterocycles. The highest BCUT2D eigenvalue weighted by molar-refractivity contribution is 5.79. The lowest BCUT2D eigenvalue weighted by Crippen LogP contribution is -2.54. The lowest BCUT2D eigenvalue weighted by atomic mass is 9.98. The summed E-state index contributed by atoms with van der Waals surface area (Å²) in [5.41, 5.74) is 2.65. The molecule has 1 aliphatic heterocycles. The highest BCUT2D eigenvalue weighted by Crippen LogP contribution is 2.19. The van der Waals surface area contributed by atoms with Crippen LogP contribution >= 0.6 is 0 Å². The molecule has 2 aromatic rings. The van der Waals surface area contributed by atoms with Crippen LogP contribution in [0, 0.1) is 0 Å². The van der Waals surface area contributed by atoms with Gasteiger partial charge in [0.1, 0.15) is 0 Å². The van der Waals surface area contributed by atoms with Gasteiger partial charge in [-0.15, -0.1) is 0 Å². The molecule has 6 nitrogen and oxygen atoms in total. The number of hydrogen-bond acceptors (Lipinski definition) is 3. The minimum absolute atomic E-state index is 0.132. The minimum Gasteiger partial charge on any atom is -0.355 e. The van der Waals surface area contributed by atoms with Gasteiger partial charge in [-0.1, -0.05) is 30.7 Å². The second-order valence-electron chi connectivity index (χ2n) is 8.19. The van der Waals surface area contributed by atoms with E-state index in [9.17, 15) is 0 Å². The quantitative estimate of drug-likeness (QED) is 0.571. The molecule has 0 saturated carbocycles. The van der Waals surface area contributed by atoms with Crippen molar-refractivity contribution in [2.45, 2.75) is 51.7 Å². The maximum absolute atomic E-state index is 4.38. The molecule has 0 atom stereocenters. The SMILES string of the molecule is CN=C(NCc1ccc(Cn2ccnc2)cc1)NCC(C)(C)N1CCCCC1. The summed E-state index contributed by atoms with van der Waals surface area (Å²) in [7, 11) is 1.83. The maximum Gasteiger partial charge on any atom is 0.191 e. The zero-order valence-corrected chi connectivity index (χ0v) is 17.5. The van der Waals surface area contributed by atoms with Crippen LogP contribution in [-0.2, 0) is 13.1 Å². The van der Waals surface area contributed by atoms with Crippen LogP contribution in [0.4, 0.5) is 0 Å². The Morgan fingerprint density at radius 1 is 1.07 bits per heavy atom. The number of nitrogens with zero attached hydrogens (tertiary/aromatic N) is 4. The minimum atomic E-state index is 0.132. The molecule has 1 aromatic heterocycles. The molecule has 0 aliphatic carbocycles. The summed E-state index contributed by atoms with van der Waals surface area (Å²) in [5.74, 6) is 0.854. The van der Waals surface area contributed by atoms with Crippen molar-refractivity contribution in [1.29, 1.82) is 0 Å². The van der Waals surface area contributed by atoms with Crippen molar-refractivity contribution in [3.05, 3.63) is 54.1 Å². The fourth-order valence-electron chi connectivity index (χ4n) is 3.67. The van der Waals surface area contributed by atoms with Crippen LogP contribution in [0.3, 0.4) is 0 Å². The predicted octanol–water partition coefficient (Wildman–Crippen LogP) is 2.86. The average molecular weight is 383 g/mol. The van der Waals surface area contributed by atoms with E-state index in [0.29, 0.717) is 0 Å². The van der Waals surface area contributed by atoms with Crippen molar-refractivity contribution in [3.8, 4) is 0 Å². The van der Waals surface area contributed by atoms with E-state index in [1.165, 1.54) is 43.5 Å². The largest absolute Gasteiger partial charge is 0.355 e. The van der Waals surface area contributed by atoms with Crippen molar-refractivity contribution in [1.82, 2.24) is 25.1 Å². The van der Waals surface area contributed by atoms with Gasteiger partial charge in [0.15, 0.2) is 5.96 Å². The van der Waals surface area contributed by atoms with Gasteiger partial charge in [0.05, 0.1) is 6.33 Å². The highest BCUT2D eigenvalue weighted by atomic mass is 15.2. The molecule has 0 bridgehead atoms. The monoisotopic (exact) mass is 382 g/mol. The van der Waals surface area contributed by atoms with Gasteiger partial charge in [-0.2, -0.15) is 0 Å². The van der Waals surface area contributed by atoms with Gasteiger partial charge in [-0.05, 0) is 50.9 Å². The second kappa shape index (κ2) is 9.73. The Morgan fingerprint density at radius 2 is 1.79 bits per heavy atom. The van der Waals surface area contributed by atoms with E-state index in [4.69, 9.17) is 0 Å². The van der Waals surface area contributed by atoms with E-state index in [-0.39, 0.29) is 5.54 Å². The van der Waals surface area contributed by atoms with E-state index in [0.717, 1.165) is 25.6 Å². The number of nitrogens with one attached hydrogen (secondary N) is 2. The first-order chi connectivity index (χ1) is 13.6. The fourth-order valence-corrected chi connectivity index (χ4v) is 3.67. The molecule has 2 heterocycles. The Hall–Kier alpha value is -2.34. The Bertz CT molecular complexity index is 727. The average Bonchev–Trinajstić information content (AvgIpc) is 3.23. The second-order valence-corrected chi connectivity index (χ2v) is 8.19. The number of guanidine groups is 1. The van der Waals surface area contributed by atoms with Gasteiger partial charge < -0.3 is 15.2 Å². The van der Waals surface area contributed by atoms with Gasteiger partial charge in [-0.3, -0.25) is 9.89 Å². The molecule has 2 N–H and O–H groups in total. The van der Waals surface area contributed by atoms with Crippen molar-refractivity contribution >= 4 is 5.96 Å². The van der Waals surface area contributed by atoms with E-state index in [1.54, 1.807) is 0 Å². The molecule has 0 spiro atoms. The number of piperidine rings is 1. The zero-order chi connectivity index (χ0) is 19.8. The standard InChI is InChI=1S/C22H34N6/c1-22(2,28-12-5-4-6-13-28)17-26-21(23-3)25-15-19-7-9-20(10-8-19)16-27-14-11-24-18-27/h7-11,14,18H,4-6,12-13,15-17H2,1-3H3,(H2,23,25,26). The number of benzene rings is 1. The molecule has 0 amide bonds. The maximum atomic E-state index is 4.38. The van der Waals surface area contributed by atoms with E-state index >= 15 is 0 Å². The van der Waals surface area contributed by atoms with Crippen LogP contribution in [0.5, 0.6) is 0 Å². The van der Waals surface area contributed by atoms with Crippen LogP contribution in [0.15, 0.2) is 48.0 Å². The van der Waals surface area contributed by atoms with E-state index in [2.05, 4.69) is 68.2 Å². The first-order valence-electron chi connectivity index (χ1n) is 10.3. The van der Waals surface area contributed by atoms with Gasteiger partial charge in [0.2, 0.25) is 0 Å². The van der Waals surface area contributed by atoms with Crippen molar-refractivity contribution in [2.75, 3.05) is 26.7 Å². The van der Waals surface area contributed by atoms with Crippen LogP contribution < -0.4 is 10.6 Å². The molecule has 0 radical (unpaired) electrons. The lowest BCUT2D eigenvalue weighted by molar-refractivity contribution is 0.0982. The Labute approximate surface area is 169 Å². The Balaban J connectivity index is 1.45. The number of aromatic nitrogens is 2. The third-order valence-electron chi connectivity index (χ3n) is 5.53. The lowest BCUT2D eigenvalue weighted by Gasteiger charge is -2.41. The highest BCUT2D eigenvalue weighted by Gasteiger charge is 2.27. The number of likely N-dealkylation sites (tertiary alicyclic amines) is 1. The molecule has 1 aromatic carbocycles. The third kappa shape index (κ3) is 5.83. The van der Waals surface area contributed by atoms with Gasteiger partial charge in [-0.25, -0.2) is 4.98 Å². The summed E-state index contributed by atoms with van der Waals surface area (Å²) in [6, 6.07) is 8.69. The summed E-state index contributed by atoms with van der Waals surface area (Å²) in [6.07, 6.45) is 9.63. The van der Waals surface area contributed by atoms with Gasteiger partial charge >= 0.3 is 0 Å². The predicted molar refractivity (Wildman–Crippen MR) is 115 cm³/mol. The molecule has 28 heavy (non-hydrogen) atoms. The van der Waals surface area contributed by atoms with Crippen molar-refractivity contribution in [3.63, 3.8) is 0 Å². The molecular weight excluding hydrogens is 348 g/mol. The molecular formula is C22H34N6. The zero-order valence-electron chi connectivity index (χ0n) is 17.5. The first-order valence-corrected chi connectivity index (χ1v) is 10.3. The van der Waals surface area contributed by atoms with Crippen LogP contribution in [0.1, 0.15) is 44.2 Å². The van der Waals surface area contributed by atoms with Crippen molar-refractivity contribution in [2.24, 2.45) is 4.99 Å². The normalized spacial score (nSPS) is 16.2. The fraction of sp³-hybridized carbons (Fsp3) is 0.545. The van der Waals surface area contributed by atoms with Crippen LogP contribution in [-0.4, -0.2) is 52.6 Å². The van der Waals surface area contributed by atoms with Gasteiger partial charge in [0, 0.05) is 44.6 Å². The topological polar surface area (TPSA) is 57.5 Å². The van der Waals surface area contributed by atoms with E-state index < -0.39 is 0 Å². The summed E-state index contributed by atoms with van der Waals surface area (Å²) in [5, 5.41) is 6.94. The molecule has 3 rings (SSSR count).